The van der Waals surface area contributed by atoms with E-state index in [1.165, 1.54) is 0 Å². The zero-order valence-electron chi connectivity index (χ0n) is 9.14. The number of alkyl halides is 1. The van der Waals surface area contributed by atoms with Gasteiger partial charge in [0.25, 0.3) is 0 Å². The number of anilines is 2. The van der Waals surface area contributed by atoms with Gasteiger partial charge < -0.3 is 9.80 Å². The van der Waals surface area contributed by atoms with Crippen LogP contribution in [-0.2, 0) is 0 Å². The molecule has 0 amide bonds. The van der Waals surface area contributed by atoms with Crippen LogP contribution in [0.5, 0.6) is 0 Å². The van der Waals surface area contributed by atoms with Crippen molar-refractivity contribution in [3.63, 3.8) is 0 Å². The molecule has 16 heavy (non-hydrogen) atoms. The second kappa shape index (κ2) is 4.62. The van der Waals surface area contributed by atoms with Gasteiger partial charge in [0.1, 0.15) is 0 Å². The highest BCUT2D eigenvalue weighted by atomic mass is 35.5. The molecule has 0 unspecified atom stereocenters. The van der Waals surface area contributed by atoms with E-state index in [0.29, 0.717) is 0 Å². The van der Waals surface area contributed by atoms with Gasteiger partial charge in [-0.2, -0.15) is 0 Å². The van der Waals surface area contributed by atoms with E-state index in [1.54, 1.807) is 0 Å². The van der Waals surface area contributed by atoms with Gasteiger partial charge in [-0.3, -0.25) is 0 Å². The standard InChI is InChI=1S/C13H15ClN2/c1-3-9-15-11-7-5-6-8-12(11)16(10-4-2)13(15)14/h3-8,13H,1-2,9-10H2. The van der Waals surface area contributed by atoms with E-state index in [4.69, 9.17) is 11.6 Å². The SMILES string of the molecule is C=CCN1c2ccccc2N(CC=C)C1Cl. The van der Waals surface area contributed by atoms with Crippen molar-refractivity contribution in [3.05, 3.63) is 49.6 Å². The van der Waals surface area contributed by atoms with Crippen LogP contribution in [0, 0.1) is 0 Å². The van der Waals surface area contributed by atoms with Crippen molar-refractivity contribution in [2.45, 2.75) is 5.62 Å². The number of hydrogen-bond donors (Lipinski definition) is 0. The molecule has 1 heterocycles. The molecular weight excluding hydrogens is 220 g/mol. The Morgan fingerprint density at radius 3 is 1.88 bits per heavy atom. The molecule has 2 rings (SSSR count). The number of hydrogen-bond acceptors (Lipinski definition) is 2. The minimum atomic E-state index is -0.159. The fraction of sp³-hybridized carbons (Fsp3) is 0.231. The average Bonchev–Trinajstić information content (AvgIpc) is 2.56. The van der Waals surface area contributed by atoms with E-state index >= 15 is 0 Å². The summed E-state index contributed by atoms with van der Waals surface area (Å²) in [6.07, 6.45) is 3.73. The minimum Gasteiger partial charge on any atom is -0.333 e. The lowest BCUT2D eigenvalue weighted by molar-refractivity contribution is 0.783. The van der Waals surface area contributed by atoms with E-state index in [-0.39, 0.29) is 5.62 Å². The highest BCUT2D eigenvalue weighted by Crippen LogP contribution is 2.40. The highest BCUT2D eigenvalue weighted by Gasteiger charge is 2.32. The van der Waals surface area contributed by atoms with E-state index in [2.05, 4.69) is 35.1 Å². The van der Waals surface area contributed by atoms with Gasteiger partial charge in [0, 0.05) is 13.1 Å². The first-order valence-corrected chi connectivity index (χ1v) is 5.71. The zero-order chi connectivity index (χ0) is 11.5. The molecule has 0 fully saturated rings. The van der Waals surface area contributed by atoms with Gasteiger partial charge in [-0.25, -0.2) is 0 Å². The van der Waals surface area contributed by atoms with Gasteiger partial charge in [0.05, 0.1) is 11.4 Å². The Hall–Kier alpha value is -1.41. The summed E-state index contributed by atoms with van der Waals surface area (Å²) in [4.78, 5) is 4.24. The zero-order valence-corrected chi connectivity index (χ0v) is 9.90. The summed E-state index contributed by atoms with van der Waals surface area (Å²) in [5.41, 5.74) is 2.15. The largest absolute Gasteiger partial charge is 0.333 e. The van der Waals surface area contributed by atoms with Gasteiger partial charge in [-0.1, -0.05) is 35.9 Å². The van der Waals surface area contributed by atoms with Gasteiger partial charge in [0.15, 0.2) is 5.62 Å². The quantitative estimate of drug-likeness (QED) is 0.449. The molecule has 0 radical (unpaired) electrons. The topological polar surface area (TPSA) is 6.48 Å². The van der Waals surface area contributed by atoms with Gasteiger partial charge in [0.2, 0.25) is 0 Å². The highest BCUT2D eigenvalue weighted by molar-refractivity contribution is 6.24. The first kappa shape index (κ1) is 11.1. The Morgan fingerprint density at radius 2 is 1.50 bits per heavy atom. The summed E-state index contributed by atoms with van der Waals surface area (Å²) in [6.45, 7) is 9.02. The Labute approximate surface area is 101 Å². The smallest absolute Gasteiger partial charge is 0.180 e. The molecule has 1 aromatic carbocycles. The first-order valence-electron chi connectivity index (χ1n) is 5.27. The van der Waals surface area contributed by atoms with E-state index in [0.717, 1.165) is 24.5 Å². The van der Waals surface area contributed by atoms with Crippen molar-refractivity contribution in [3.8, 4) is 0 Å². The summed E-state index contributed by atoms with van der Waals surface area (Å²) in [6, 6.07) is 8.21. The fourth-order valence-electron chi connectivity index (χ4n) is 2.00. The molecule has 0 saturated carbocycles. The first-order chi connectivity index (χ1) is 7.79. The van der Waals surface area contributed by atoms with Crippen LogP contribution in [0.2, 0.25) is 0 Å². The number of rotatable bonds is 4. The lowest BCUT2D eigenvalue weighted by atomic mass is 10.2. The monoisotopic (exact) mass is 234 g/mol. The van der Waals surface area contributed by atoms with Crippen molar-refractivity contribution in [1.29, 1.82) is 0 Å². The van der Waals surface area contributed by atoms with Crippen LogP contribution in [-0.4, -0.2) is 18.7 Å². The van der Waals surface area contributed by atoms with Crippen LogP contribution >= 0.6 is 11.6 Å². The molecule has 0 spiro atoms. The Balaban J connectivity index is 2.39. The lowest BCUT2D eigenvalue weighted by Crippen LogP contribution is -2.39. The molecule has 2 nitrogen and oxygen atoms in total. The normalized spacial score (nSPS) is 15.1. The predicted octanol–water partition coefficient (Wildman–Crippen LogP) is 3.21. The van der Waals surface area contributed by atoms with Crippen molar-refractivity contribution >= 4 is 23.0 Å². The minimum absolute atomic E-state index is 0.159. The number of para-hydroxylation sites is 2. The second-order valence-corrected chi connectivity index (χ2v) is 4.07. The van der Waals surface area contributed by atoms with Crippen LogP contribution in [0.1, 0.15) is 0 Å². The maximum atomic E-state index is 6.42. The van der Waals surface area contributed by atoms with Crippen molar-refractivity contribution in [1.82, 2.24) is 0 Å². The van der Waals surface area contributed by atoms with Crippen LogP contribution in [0.3, 0.4) is 0 Å². The number of halogens is 1. The third kappa shape index (κ3) is 1.69. The summed E-state index contributed by atoms with van der Waals surface area (Å²) >= 11 is 6.42. The summed E-state index contributed by atoms with van der Waals surface area (Å²) in [5.74, 6) is 0. The molecule has 0 atom stereocenters. The average molecular weight is 235 g/mol. The lowest BCUT2D eigenvalue weighted by Gasteiger charge is -2.26. The molecule has 0 bridgehead atoms. The molecule has 1 aromatic rings. The summed E-state index contributed by atoms with van der Waals surface area (Å²) in [5, 5.41) is 0. The molecule has 84 valence electrons. The van der Waals surface area contributed by atoms with Crippen LogP contribution in [0.15, 0.2) is 49.6 Å². The van der Waals surface area contributed by atoms with Crippen LogP contribution < -0.4 is 9.80 Å². The maximum absolute atomic E-state index is 6.42. The van der Waals surface area contributed by atoms with E-state index < -0.39 is 0 Å². The molecule has 3 heteroatoms. The molecule has 0 N–H and O–H groups in total. The molecule has 1 aliphatic heterocycles. The molecule has 1 aliphatic rings. The number of nitrogens with zero attached hydrogens (tertiary/aromatic N) is 2. The molecule has 0 aromatic heterocycles. The second-order valence-electron chi connectivity index (χ2n) is 3.68. The van der Waals surface area contributed by atoms with Gasteiger partial charge >= 0.3 is 0 Å². The summed E-state index contributed by atoms with van der Waals surface area (Å²) in [7, 11) is 0. The van der Waals surface area contributed by atoms with Gasteiger partial charge in [-0.15, -0.1) is 13.2 Å². The third-order valence-corrected chi connectivity index (χ3v) is 3.14. The maximum Gasteiger partial charge on any atom is 0.180 e. The van der Waals surface area contributed by atoms with Crippen molar-refractivity contribution in [2.24, 2.45) is 0 Å². The summed E-state index contributed by atoms with van der Waals surface area (Å²) < 4.78 is 0. The Kier molecular flexibility index (Phi) is 3.20. The van der Waals surface area contributed by atoms with Crippen LogP contribution in [0.4, 0.5) is 11.4 Å². The molecule has 0 aliphatic carbocycles. The predicted molar refractivity (Wildman–Crippen MR) is 71.2 cm³/mol. The van der Waals surface area contributed by atoms with Crippen LogP contribution in [0.25, 0.3) is 0 Å². The Bertz CT molecular complexity index is 366. The number of benzene rings is 1. The van der Waals surface area contributed by atoms with E-state index in [9.17, 15) is 0 Å². The number of fused-ring (bicyclic) bond motifs is 1. The van der Waals surface area contributed by atoms with Crippen molar-refractivity contribution in [2.75, 3.05) is 22.9 Å². The third-order valence-electron chi connectivity index (χ3n) is 2.67. The fourth-order valence-corrected chi connectivity index (χ4v) is 2.37. The van der Waals surface area contributed by atoms with E-state index in [1.807, 2.05) is 24.3 Å². The van der Waals surface area contributed by atoms with Crippen molar-refractivity contribution < 1.29 is 0 Å². The molecular formula is C13H15ClN2. The Morgan fingerprint density at radius 1 is 1.06 bits per heavy atom. The molecule has 0 saturated heterocycles. The van der Waals surface area contributed by atoms with Gasteiger partial charge in [-0.05, 0) is 12.1 Å².